The van der Waals surface area contributed by atoms with Crippen LogP contribution in [-0.2, 0) is 6.42 Å². The van der Waals surface area contributed by atoms with Gasteiger partial charge in [-0.1, -0.05) is 23.5 Å². The fourth-order valence-corrected chi connectivity index (χ4v) is 4.15. The molecule has 0 unspecified atom stereocenters. The standard InChI is InChI=1S/C23H27FN4O2S/c1-15-13-17(14-16(2)21(15)30-12-10-25)23-28-27-20(31-23)9-5-6-11-26-22(29)18-7-3-4-8-19(18)24/h3-4,7-8,13-14H,5-6,9-12,25H2,1-2H3,(H,26,29). The Kier molecular flexibility index (Phi) is 8.08. The SMILES string of the molecule is Cc1cc(-c2nnc(CCCCNC(=O)c3ccccc3F)s2)cc(C)c1OCCN. The summed E-state index contributed by atoms with van der Waals surface area (Å²) in [4.78, 5) is 12.0. The third kappa shape index (κ3) is 6.08. The minimum atomic E-state index is -0.508. The molecule has 0 aliphatic rings. The first kappa shape index (κ1) is 22.8. The van der Waals surface area contributed by atoms with Crippen molar-refractivity contribution in [2.45, 2.75) is 33.1 Å². The Morgan fingerprint density at radius 2 is 1.90 bits per heavy atom. The topological polar surface area (TPSA) is 90.1 Å². The number of nitrogens with two attached hydrogens (primary N) is 1. The Hall–Kier alpha value is -2.84. The number of benzene rings is 2. The Labute approximate surface area is 185 Å². The van der Waals surface area contributed by atoms with Gasteiger partial charge in [-0.25, -0.2) is 4.39 Å². The first-order valence-electron chi connectivity index (χ1n) is 10.3. The van der Waals surface area contributed by atoms with Crippen molar-refractivity contribution in [3.63, 3.8) is 0 Å². The van der Waals surface area contributed by atoms with Crippen LogP contribution in [0.1, 0.15) is 39.3 Å². The number of hydrogen-bond donors (Lipinski definition) is 2. The van der Waals surface area contributed by atoms with Gasteiger partial charge in [0.05, 0.1) is 5.56 Å². The fourth-order valence-electron chi connectivity index (χ4n) is 3.28. The largest absolute Gasteiger partial charge is 0.492 e. The molecule has 1 aromatic heterocycles. The third-order valence-corrected chi connectivity index (χ3v) is 5.79. The average Bonchev–Trinajstić information content (AvgIpc) is 3.22. The van der Waals surface area contributed by atoms with E-state index < -0.39 is 5.82 Å². The van der Waals surface area contributed by atoms with Gasteiger partial charge >= 0.3 is 0 Å². The number of hydrogen-bond acceptors (Lipinski definition) is 6. The van der Waals surface area contributed by atoms with E-state index >= 15 is 0 Å². The molecule has 0 bridgehead atoms. The normalized spacial score (nSPS) is 10.8. The molecule has 0 atom stereocenters. The second kappa shape index (κ2) is 11.0. The molecular formula is C23H27FN4O2S. The monoisotopic (exact) mass is 442 g/mol. The van der Waals surface area contributed by atoms with E-state index in [4.69, 9.17) is 10.5 Å². The zero-order valence-corrected chi connectivity index (χ0v) is 18.6. The van der Waals surface area contributed by atoms with Gasteiger partial charge in [0.2, 0.25) is 0 Å². The van der Waals surface area contributed by atoms with E-state index in [2.05, 4.69) is 27.6 Å². The third-order valence-electron chi connectivity index (χ3n) is 4.76. The van der Waals surface area contributed by atoms with Gasteiger partial charge in [-0.2, -0.15) is 0 Å². The lowest BCUT2D eigenvalue weighted by Crippen LogP contribution is -2.25. The number of carbonyl (C=O) groups excluding carboxylic acids is 1. The smallest absolute Gasteiger partial charge is 0.254 e. The second-order valence-electron chi connectivity index (χ2n) is 7.27. The van der Waals surface area contributed by atoms with Gasteiger partial charge in [-0.15, -0.1) is 10.2 Å². The molecule has 31 heavy (non-hydrogen) atoms. The molecule has 0 saturated heterocycles. The van der Waals surface area contributed by atoms with Crippen molar-refractivity contribution in [3.8, 4) is 16.3 Å². The zero-order valence-electron chi connectivity index (χ0n) is 17.8. The number of halogens is 1. The van der Waals surface area contributed by atoms with Gasteiger partial charge in [0.15, 0.2) is 0 Å². The van der Waals surface area contributed by atoms with Crippen molar-refractivity contribution in [2.75, 3.05) is 19.7 Å². The lowest BCUT2D eigenvalue weighted by atomic mass is 10.1. The maximum absolute atomic E-state index is 13.6. The number of carbonyl (C=O) groups is 1. The molecule has 2 aromatic carbocycles. The van der Waals surface area contributed by atoms with Crippen LogP contribution in [0.3, 0.4) is 0 Å². The minimum Gasteiger partial charge on any atom is -0.492 e. The lowest BCUT2D eigenvalue weighted by Gasteiger charge is -2.12. The van der Waals surface area contributed by atoms with Gasteiger partial charge in [0, 0.05) is 25.1 Å². The molecule has 8 heteroatoms. The summed E-state index contributed by atoms with van der Waals surface area (Å²) in [5, 5.41) is 13.2. The summed E-state index contributed by atoms with van der Waals surface area (Å²) in [6.45, 7) is 5.49. The van der Waals surface area contributed by atoms with Crippen LogP contribution >= 0.6 is 11.3 Å². The first-order valence-corrected chi connectivity index (χ1v) is 11.1. The molecule has 1 amide bonds. The number of aromatic nitrogens is 2. The molecule has 0 saturated carbocycles. The van der Waals surface area contributed by atoms with Crippen LogP contribution in [0.5, 0.6) is 5.75 Å². The fraction of sp³-hybridized carbons (Fsp3) is 0.348. The van der Waals surface area contributed by atoms with Crippen LogP contribution in [0.4, 0.5) is 4.39 Å². The Balaban J connectivity index is 1.49. The highest BCUT2D eigenvalue weighted by molar-refractivity contribution is 7.14. The molecule has 6 nitrogen and oxygen atoms in total. The van der Waals surface area contributed by atoms with Crippen molar-refractivity contribution in [2.24, 2.45) is 5.73 Å². The Morgan fingerprint density at radius 3 is 2.61 bits per heavy atom. The molecule has 0 aliphatic heterocycles. The molecule has 0 fully saturated rings. The molecule has 3 rings (SSSR count). The maximum Gasteiger partial charge on any atom is 0.254 e. The van der Waals surface area contributed by atoms with Crippen molar-refractivity contribution in [1.82, 2.24) is 15.5 Å². The maximum atomic E-state index is 13.6. The van der Waals surface area contributed by atoms with Crippen molar-refractivity contribution < 1.29 is 13.9 Å². The van der Waals surface area contributed by atoms with Crippen LogP contribution in [0.25, 0.3) is 10.6 Å². The van der Waals surface area contributed by atoms with E-state index in [-0.39, 0.29) is 11.5 Å². The van der Waals surface area contributed by atoms with Crippen LogP contribution in [0, 0.1) is 19.7 Å². The molecule has 0 spiro atoms. The number of amides is 1. The quantitative estimate of drug-likeness (QED) is 0.462. The second-order valence-corrected chi connectivity index (χ2v) is 8.33. The van der Waals surface area contributed by atoms with Crippen LogP contribution in [0.2, 0.25) is 0 Å². The zero-order chi connectivity index (χ0) is 22.2. The summed E-state index contributed by atoms with van der Waals surface area (Å²) >= 11 is 1.57. The van der Waals surface area contributed by atoms with Crippen LogP contribution < -0.4 is 15.8 Å². The highest BCUT2D eigenvalue weighted by atomic mass is 32.1. The Morgan fingerprint density at radius 1 is 1.16 bits per heavy atom. The number of unbranched alkanes of at least 4 members (excludes halogenated alkanes) is 1. The average molecular weight is 443 g/mol. The summed E-state index contributed by atoms with van der Waals surface area (Å²) < 4.78 is 19.4. The summed E-state index contributed by atoms with van der Waals surface area (Å²) in [5.74, 6) is -0.0249. The molecule has 0 aliphatic carbocycles. The number of aryl methyl sites for hydroxylation is 3. The molecule has 0 radical (unpaired) electrons. The van der Waals surface area contributed by atoms with Gasteiger partial charge in [-0.3, -0.25) is 4.79 Å². The molecular weight excluding hydrogens is 415 g/mol. The molecule has 3 aromatic rings. The van der Waals surface area contributed by atoms with Gasteiger partial charge < -0.3 is 15.8 Å². The lowest BCUT2D eigenvalue weighted by molar-refractivity contribution is 0.0949. The highest BCUT2D eigenvalue weighted by Crippen LogP contribution is 2.32. The Bertz CT molecular complexity index is 1010. The predicted molar refractivity (Wildman–Crippen MR) is 121 cm³/mol. The van der Waals surface area contributed by atoms with E-state index in [1.807, 2.05) is 13.8 Å². The van der Waals surface area contributed by atoms with Crippen LogP contribution in [0.15, 0.2) is 36.4 Å². The van der Waals surface area contributed by atoms with E-state index in [0.29, 0.717) is 19.7 Å². The van der Waals surface area contributed by atoms with Gasteiger partial charge in [0.25, 0.3) is 5.91 Å². The summed E-state index contributed by atoms with van der Waals surface area (Å²) in [6, 6.07) is 10.1. The van der Waals surface area contributed by atoms with Gasteiger partial charge in [-0.05, 0) is 62.1 Å². The summed E-state index contributed by atoms with van der Waals surface area (Å²) in [6.07, 6.45) is 2.42. The predicted octanol–water partition coefficient (Wildman–Crippen LogP) is 4.05. The molecule has 164 valence electrons. The number of ether oxygens (including phenoxy) is 1. The van der Waals surface area contributed by atoms with E-state index in [0.717, 1.165) is 51.7 Å². The number of nitrogens with one attached hydrogen (secondary N) is 1. The van der Waals surface area contributed by atoms with Crippen LogP contribution in [-0.4, -0.2) is 35.8 Å². The van der Waals surface area contributed by atoms with Crippen molar-refractivity contribution in [1.29, 1.82) is 0 Å². The summed E-state index contributed by atoms with van der Waals surface area (Å²) in [5.41, 5.74) is 8.72. The summed E-state index contributed by atoms with van der Waals surface area (Å²) in [7, 11) is 0. The van der Waals surface area contributed by atoms with E-state index in [1.54, 1.807) is 23.5 Å². The first-order chi connectivity index (χ1) is 15.0. The molecule has 1 heterocycles. The van der Waals surface area contributed by atoms with E-state index in [1.165, 1.54) is 12.1 Å². The molecule has 3 N–H and O–H groups in total. The van der Waals surface area contributed by atoms with Crippen molar-refractivity contribution >= 4 is 17.2 Å². The van der Waals surface area contributed by atoms with Gasteiger partial charge in [0.1, 0.15) is 28.2 Å². The van der Waals surface area contributed by atoms with Crippen molar-refractivity contribution in [3.05, 3.63) is 63.9 Å². The highest BCUT2D eigenvalue weighted by Gasteiger charge is 2.12. The number of nitrogens with zero attached hydrogens (tertiary/aromatic N) is 2. The minimum absolute atomic E-state index is 0.0706. The van der Waals surface area contributed by atoms with E-state index in [9.17, 15) is 9.18 Å². The number of rotatable bonds is 10.